The van der Waals surface area contributed by atoms with Crippen molar-refractivity contribution in [2.45, 2.75) is 10.8 Å². The quantitative estimate of drug-likeness (QED) is 0.166. The van der Waals surface area contributed by atoms with Gasteiger partial charge in [0.2, 0.25) is 0 Å². The summed E-state index contributed by atoms with van der Waals surface area (Å²) in [5, 5.41) is 2.64. The molecule has 1 heterocycles. The maximum atomic E-state index is 2.43. The highest BCUT2D eigenvalue weighted by Gasteiger charge is 2.59. The van der Waals surface area contributed by atoms with Crippen LogP contribution < -0.4 is 4.90 Å². The number of nitrogens with zero attached hydrogens (tertiary/aromatic N) is 1. The zero-order chi connectivity index (χ0) is 46.0. The van der Waals surface area contributed by atoms with E-state index in [4.69, 9.17) is 0 Å². The Bertz CT molecular complexity index is 3990. The van der Waals surface area contributed by atoms with Gasteiger partial charge < -0.3 is 4.90 Å². The molecule has 3 aliphatic rings. The monoisotopic (exact) mass is 905 g/mol. The number of anilines is 3. The summed E-state index contributed by atoms with van der Waals surface area (Å²) in [4.78, 5) is 2.40. The second-order valence-corrected chi connectivity index (χ2v) is 20.1. The molecular formula is C68H43NS. The lowest BCUT2D eigenvalue weighted by atomic mass is 9.52. The van der Waals surface area contributed by atoms with Crippen molar-refractivity contribution in [2.75, 3.05) is 4.90 Å². The molecule has 15 rings (SSSR count). The van der Waals surface area contributed by atoms with Crippen molar-refractivity contribution >= 4 is 48.6 Å². The first-order valence-electron chi connectivity index (χ1n) is 24.3. The highest BCUT2D eigenvalue weighted by Crippen LogP contribution is 2.68. The SMILES string of the molecule is c1ccc(N(c2ccc(-c3cccc4c3sc3ccccc34)cc2)c2cccc(-c3cccc4c3-c3ccccc3C43c4ccccc4C4(c5ccccc5-c5ccccc54)c4ccccc43)c2)cc1. The topological polar surface area (TPSA) is 3.24 Å². The molecule has 0 saturated carbocycles. The fraction of sp³-hybridized carbons (Fsp3) is 0.0294. The van der Waals surface area contributed by atoms with Gasteiger partial charge in [-0.2, -0.15) is 0 Å². The minimum absolute atomic E-state index is 0.472. The first-order valence-corrected chi connectivity index (χ1v) is 25.2. The summed E-state index contributed by atoms with van der Waals surface area (Å²) in [7, 11) is 0. The second-order valence-electron chi connectivity index (χ2n) is 19.0. The van der Waals surface area contributed by atoms with Gasteiger partial charge in [-0.1, -0.05) is 218 Å². The molecule has 326 valence electrons. The molecule has 0 amide bonds. The molecular weight excluding hydrogens is 863 g/mol. The minimum atomic E-state index is -0.553. The lowest BCUT2D eigenvalue weighted by Gasteiger charge is -2.48. The minimum Gasteiger partial charge on any atom is -0.310 e. The molecule has 0 bridgehead atoms. The van der Waals surface area contributed by atoms with Crippen LogP contribution in [-0.4, -0.2) is 0 Å². The maximum Gasteiger partial charge on any atom is 0.0720 e. The van der Waals surface area contributed by atoms with E-state index >= 15 is 0 Å². The van der Waals surface area contributed by atoms with E-state index < -0.39 is 10.8 Å². The zero-order valence-corrected chi connectivity index (χ0v) is 39.0. The molecule has 12 aromatic rings. The van der Waals surface area contributed by atoms with E-state index in [0.717, 1.165) is 17.1 Å². The molecule has 1 nitrogen and oxygen atoms in total. The smallest absolute Gasteiger partial charge is 0.0720 e. The number of hydrogen-bond acceptors (Lipinski definition) is 2. The molecule has 0 unspecified atom stereocenters. The van der Waals surface area contributed by atoms with Gasteiger partial charge in [0.1, 0.15) is 0 Å². The number of benzene rings is 11. The van der Waals surface area contributed by atoms with Crippen molar-refractivity contribution in [1.29, 1.82) is 0 Å². The van der Waals surface area contributed by atoms with E-state index in [9.17, 15) is 0 Å². The van der Waals surface area contributed by atoms with Crippen molar-refractivity contribution in [1.82, 2.24) is 0 Å². The van der Waals surface area contributed by atoms with Crippen LogP contribution in [0.4, 0.5) is 17.1 Å². The molecule has 0 saturated heterocycles. The molecule has 0 radical (unpaired) electrons. The van der Waals surface area contributed by atoms with Crippen LogP contribution in [0.1, 0.15) is 44.5 Å². The first-order chi connectivity index (χ1) is 34.7. The molecule has 1 aromatic heterocycles. The first kappa shape index (κ1) is 39.4. The predicted octanol–water partition coefficient (Wildman–Crippen LogP) is 17.9. The number of thiophene rings is 1. The van der Waals surface area contributed by atoms with Crippen LogP contribution in [0.15, 0.2) is 261 Å². The number of fused-ring (bicyclic) bond motifs is 19. The number of para-hydroxylation sites is 1. The van der Waals surface area contributed by atoms with Gasteiger partial charge in [-0.05, 0) is 131 Å². The van der Waals surface area contributed by atoms with Gasteiger partial charge in [-0.15, -0.1) is 11.3 Å². The third-order valence-electron chi connectivity index (χ3n) is 15.8. The number of hydrogen-bond donors (Lipinski definition) is 0. The Hall–Kier alpha value is -8.56. The van der Waals surface area contributed by atoms with Crippen LogP contribution in [0.5, 0.6) is 0 Å². The van der Waals surface area contributed by atoms with E-state index in [1.807, 2.05) is 11.3 Å². The van der Waals surface area contributed by atoms with Gasteiger partial charge in [0, 0.05) is 37.2 Å². The predicted molar refractivity (Wildman–Crippen MR) is 293 cm³/mol. The third kappa shape index (κ3) is 5.21. The Labute approximate surface area is 411 Å². The van der Waals surface area contributed by atoms with E-state index in [1.54, 1.807) is 0 Å². The fourth-order valence-electron chi connectivity index (χ4n) is 13.1. The van der Waals surface area contributed by atoms with Gasteiger partial charge in [0.15, 0.2) is 0 Å². The van der Waals surface area contributed by atoms with Crippen molar-refractivity contribution in [2.24, 2.45) is 0 Å². The Kier molecular flexibility index (Phi) is 8.43. The van der Waals surface area contributed by atoms with Crippen LogP contribution in [-0.2, 0) is 10.8 Å². The van der Waals surface area contributed by atoms with Crippen LogP contribution in [0.3, 0.4) is 0 Å². The van der Waals surface area contributed by atoms with Crippen molar-refractivity contribution in [3.05, 3.63) is 305 Å². The molecule has 2 heteroatoms. The van der Waals surface area contributed by atoms with Crippen molar-refractivity contribution in [3.63, 3.8) is 0 Å². The number of rotatable bonds is 5. The Morgan fingerprint density at radius 2 is 0.714 bits per heavy atom. The Morgan fingerprint density at radius 3 is 1.39 bits per heavy atom. The summed E-state index contributed by atoms with van der Waals surface area (Å²) in [5.41, 5.74) is 23.2. The van der Waals surface area contributed by atoms with Crippen LogP contribution in [0.25, 0.3) is 64.7 Å². The van der Waals surface area contributed by atoms with Gasteiger partial charge in [0.05, 0.1) is 10.8 Å². The average Bonchev–Trinajstić information content (AvgIpc) is 4.08. The van der Waals surface area contributed by atoms with E-state index in [-0.39, 0.29) is 0 Å². The standard InChI is InChI=1S/C68H43NS/c1-2-20-46(21-3-1)69(47-41-39-44(40-42-47)50-28-17-29-54-53-25-7-15-38-64(53)70-66(50)54)48-22-16-19-45(43-48)49-27-18-37-63-65(49)55-26-6-10-32-58(55)68(63)61-35-13-11-33-59(61)67(60-34-12-14-36-62(60)68)56-30-8-4-23-51(56)52-24-5-9-31-57(52)67/h1-43H. The Balaban J connectivity index is 0.910. The zero-order valence-electron chi connectivity index (χ0n) is 38.2. The molecule has 70 heavy (non-hydrogen) atoms. The van der Waals surface area contributed by atoms with Crippen molar-refractivity contribution in [3.8, 4) is 44.5 Å². The molecule has 0 aliphatic heterocycles. The summed E-state index contributed by atoms with van der Waals surface area (Å²) in [5.74, 6) is 0. The van der Waals surface area contributed by atoms with Crippen molar-refractivity contribution < 1.29 is 0 Å². The highest BCUT2D eigenvalue weighted by molar-refractivity contribution is 7.26. The molecule has 0 fully saturated rings. The average molecular weight is 906 g/mol. The lowest BCUT2D eigenvalue weighted by Crippen LogP contribution is -2.43. The molecule has 11 aromatic carbocycles. The molecule has 3 aliphatic carbocycles. The molecule has 2 spiro atoms. The summed E-state index contributed by atoms with van der Waals surface area (Å²) < 4.78 is 2.65. The van der Waals surface area contributed by atoms with Gasteiger partial charge in [-0.3, -0.25) is 0 Å². The highest BCUT2D eigenvalue weighted by atomic mass is 32.1. The third-order valence-corrected chi connectivity index (χ3v) is 17.0. The van der Waals surface area contributed by atoms with Crippen LogP contribution in [0, 0.1) is 0 Å². The normalized spacial score (nSPS) is 13.9. The van der Waals surface area contributed by atoms with Crippen LogP contribution in [0.2, 0.25) is 0 Å². The van der Waals surface area contributed by atoms with E-state index in [1.165, 1.54) is 109 Å². The second kappa shape index (κ2) is 15.0. The summed E-state index contributed by atoms with van der Waals surface area (Å²) in [6.45, 7) is 0. The van der Waals surface area contributed by atoms with Gasteiger partial charge in [-0.25, -0.2) is 0 Å². The Morgan fingerprint density at radius 1 is 0.271 bits per heavy atom. The molecule has 0 N–H and O–H groups in total. The summed E-state index contributed by atoms with van der Waals surface area (Å²) in [6.07, 6.45) is 0. The fourth-order valence-corrected chi connectivity index (χ4v) is 14.4. The van der Waals surface area contributed by atoms with E-state index in [2.05, 4.69) is 266 Å². The largest absolute Gasteiger partial charge is 0.310 e. The van der Waals surface area contributed by atoms with Gasteiger partial charge >= 0.3 is 0 Å². The maximum absolute atomic E-state index is 2.43. The summed E-state index contributed by atoms with van der Waals surface area (Å²) in [6, 6.07) is 97.9. The van der Waals surface area contributed by atoms with E-state index in [0.29, 0.717) is 0 Å². The lowest BCUT2D eigenvalue weighted by molar-refractivity contribution is 0.633. The van der Waals surface area contributed by atoms with Gasteiger partial charge in [0.25, 0.3) is 0 Å². The summed E-state index contributed by atoms with van der Waals surface area (Å²) >= 11 is 1.88. The van der Waals surface area contributed by atoms with Crippen LogP contribution >= 0.6 is 11.3 Å². The molecule has 0 atom stereocenters.